The van der Waals surface area contributed by atoms with Gasteiger partial charge in [-0.2, -0.15) is 0 Å². The lowest BCUT2D eigenvalue weighted by Gasteiger charge is -2.45. The summed E-state index contributed by atoms with van der Waals surface area (Å²) in [6.07, 6.45) is -3.21. The van der Waals surface area contributed by atoms with Crippen molar-refractivity contribution in [1.29, 1.82) is 0 Å². The molecule has 6 nitrogen and oxygen atoms in total. The fourth-order valence-corrected chi connectivity index (χ4v) is 4.47. The van der Waals surface area contributed by atoms with Gasteiger partial charge in [-0.15, -0.1) is 13.2 Å². The second-order valence-corrected chi connectivity index (χ2v) is 7.95. The van der Waals surface area contributed by atoms with E-state index in [1.54, 1.807) is 4.90 Å². The molecule has 2 heterocycles. The number of alkyl carbamates (subject to hydrolysis) is 1. The molecule has 1 N–H and O–H groups in total. The predicted molar refractivity (Wildman–Crippen MR) is 91.6 cm³/mol. The van der Waals surface area contributed by atoms with Crippen LogP contribution in [0.25, 0.3) is 0 Å². The first-order chi connectivity index (χ1) is 13.6. The summed E-state index contributed by atoms with van der Waals surface area (Å²) in [7, 11) is 0. The third-order valence-corrected chi connectivity index (χ3v) is 5.88. The molecular weight excluding hydrogens is 396 g/mol. The van der Waals surface area contributed by atoms with Crippen LogP contribution < -0.4 is 10.1 Å². The van der Waals surface area contributed by atoms with Gasteiger partial charge in [0.15, 0.2) is 0 Å². The molecule has 3 fully saturated rings. The van der Waals surface area contributed by atoms with Crippen LogP contribution in [0.4, 0.5) is 22.4 Å². The molecule has 4 rings (SSSR count). The van der Waals surface area contributed by atoms with Crippen LogP contribution in [-0.2, 0) is 9.53 Å². The molecule has 2 saturated heterocycles. The zero-order valence-electron chi connectivity index (χ0n) is 15.4. The van der Waals surface area contributed by atoms with Gasteiger partial charge in [0.2, 0.25) is 5.91 Å². The summed E-state index contributed by atoms with van der Waals surface area (Å²) >= 11 is 0. The molecule has 0 unspecified atom stereocenters. The number of carbonyl (C=O) groups excluding carboxylic acids is 2. The van der Waals surface area contributed by atoms with E-state index in [9.17, 15) is 27.2 Å². The summed E-state index contributed by atoms with van der Waals surface area (Å²) < 4.78 is 59.7. The highest BCUT2D eigenvalue weighted by Gasteiger charge is 2.53. The lowest BCUT2D eigenvalue weighted by atomic mass is 9.68. The number of nitrogens with zero attached hydrogens (tertiary/aromatic N) is 1. The first-order valence-corrected chi connectivity index (χ1v) is 9.42. The van der Waals surface area contributed by atoms with Crippen molar-refractivity contribution < 1.29 is 36.6 Å². The van der Waals surface area contributed by atoms with Crippen LogP contribution >= 0.6 is 0 Å². The van der Waals surface area contributed by atoms with Crippen LogP contribution in [0.1, 0.15) is 37.2 Å². The average molecular weight is 416 g/mol. The van der Waals surface area contributed by atoms with E-state index in [0.717, 1.165) is 0 Å². The van der Waals surface area contributed by atoms with Gasteiger partial charge in [0.1, 0.15) is 18.2 Å². The van der Waals surface area contributed by atoms with Crippen molar-refractivity contribution in [3.8, 4) is 5.75 Å². The maximum atomic E-state index is 13.7. The molecule has 0 atom stereocenters. The summed E-state index contributed by atoms with van der Waals surface area (Å²) in [4.78, 5) is 25.6. The summed E-state index contributed by atoms with van der Waals surface area (Å²) in [6, 6.07) is 3.12. The molecule has 0 radical (unpaired) electrons. The van der Waals surface area contributed by atoms with Gasteiger partial charge < -0.3 is 19.7 Å². The standard InChI is InChI=1S/C19H20F4N2O4/c20-14-5-12(6-15(7-14)29-19(21,22)23)11-1-3-25(4-2-11)16(26)13-8-18(9-13)10-28-17(27)24-18/h5-7,11,13H,1-4,8-10H2,(H,24,27). The Kier molecular flexibility index (Phi) is 4.82. The number of benzene rings is 1. The van der Waals surface area contributed by atoms with E-state index in [4.69, 9.17) is 4.74 Å². The van der Waals surface area contributed by atoms with Gasteiger partial charge >= 0.3 is 12.5 Å². The second kappa shape index (κ2) is 7.07. The Morgan fingerprint density at radius 1 is 1.21 bits per heavy atom. The Balaban J connectivity index is 1.33. The van der Waals surface area contributed by atoms with Gasteiger partial charge in [0.25, 0.3) is 0 Å². The summed E-state index contributed by atoms with van der Waals surface area (Å²) in [6.45, 7) is 1.17. The van der Waals surface area contributed by atoms with E-state index in [1.165, 1.54) is 12.1 Å². The van der Waals surface area contributed by atoms with Crippen molar-refractivity contribution in [2.24, 2.45) is 5.92 Å². The minimum absolute atomic E-state index is 0.00978. The number of carbonyl (C=O) groups is 2. The zero-order chi connectivity index (χ0) is 20.8. The molecule has 1 aliphatic carbocycles. The van der Waals surface area contributed by atoms with Crippen LogP contribution in [0.2, 0.25) is 0 Å². The van der Waals surface area contributed by atoms with Crippen LogP contribution in [0, 0.1) is 11.7 Å². The van der Waals surface area contributed by atoms with Gasteiger partial charge in [0.05, 0.1) is 5.54 Å². The van der Waals surface area contributed by atoms with Gasteiger partial charge in [-0.3, -0.25) is 4.79 Å². The number of hydrogen-bond donors (Lipinski definition) is 1. The topological polar surface area (TPSA) is 67.9 Å². The number of halogens is 4. The smallest absolute Gasteiger partial charge is 0.447 e. The van der Waals surface area contributed by atoms with E-state index in [1.807, 2.05) is 0 Å². The molecule has 0 bridgehead atoms. The van der Waals surface area contributed by atoms with E-state index in [2.05, 4.69) is 10.1 Å². The number of amides is 2. The third-order valence-electron chi connectivity index (χ3n) is 5.88. The van der Waals surface area contributed by atoms with Crippen molar-refractivity contribution in [1.82, 2.24) is 10.2 Å². The Bertz CT molecular complexity index is 815. The molecule has 1 spiro atoms. The summed E-state index contributed by atoms with van der Waals surface area (Å²) in [5, 5.41) is 2.75. The van der Waals surface area contributed by atoms with Crippen LogP contribution in [0.5, 0.6) is 5.75 Å². The second-order valence-electron chi connectivity index (χ2n) is 7.95. The number of alkyl halides is 3. The van der Waals surface area contributed by atoms with Crippen LogP contribution in [0.15, 0.2) is 18.2 Å². The molecule has 0 aromatic heterocycles. The number of hydrogen-bond acceptors (Lipinski definition) is 4. The number of nitrogens with one attached hydrogen (secondary N) is 1. The first kappa shape index (κ1) is 19.8. The predicted octanol–water partition coefficient (Wildman–Crippen LogP) is 3.32. The molecule has 29 heavy (non-hydrogen) atoms. The Hall–Kier alpha value is -2.52. The molecule has 1 aromatic carbocycles. The van der Waals surface area contributed by atoms with Crippen LogP contribution in [0.3, 0.4) is 0 Å². The molecule has 2 aliphatic heterocycles. The molecule has 1 aromatic rings. The van der Waals surface area contributed by atoms with Crippen LogP contribution in [-0.4, -0.2) is 48.5 Å². The Morgan fingerprint density at radius 2 is 1.90 bits per heavy atom. The van der Waals surface area contributed by atoms with E-state index < -0.39 is 29.6 Å². The highest BCUT2D eigenvalue weighted by Crippen LogP contribution is 2.42. The van der Waals surface area contributed by atoms with Crippen molar-refractivity contribution in [3.05, 3.63) is 29.6 Å². The zero-order valence-corrected chi connectivity index (χ0v) is 15.4. The van der Waals surface area contributed by atoms with E-state index in [0.29, 0.717) is 50.4 Å². The number of rotatable bonds is 3. The van der Waals surface area contributed by atoms with E-state index >= 15 is 0 Å². The number of likely N-dealkylation sites (tertiary alicyclic amines) is 1. The quantitative estimate of drug-likeness (QED) is 0.768. The van der Waals surface area contributed by atoms with Gasteiger partial charge in [-0.25, -0.2) is 9.18 Å². The van der Waals surface area contributed by atoms with Gasteiger partial charge in [-0.05, 0) is 49.3 Å². The largest absolute Gasteiger partial charge is 0.573 e. The maximum absolute atomic E-state index is 13.7. The summed E-state index contributed by atoms with van der Waals surface area (Å²) in [5.41, 5.74) is 0.0105. The highest BCUT2D eigenvalue weighted by molar-refractivity contribution is 5.81. The van der Waals surface area contributed by atoms with E-state index in [-0.39, 0.29) is 24.3 Å². The minimum atomic E-state index is -4.88. The average Bonchev–Trinajstić information content (AvgIpc) is 3.00. The Morgan fingerprint density at radius 3 is 2.48 bits per heavy atom. The molecule has 10 heteroatoms. The number of cyclic esters (lactones) is 1. The van der Waals surface area contributed by atoms with Crippen molar-refractivity contribution in [3.63, 3.8) is 0 Å². The Labute approximate surface area is 164 Å². The fourth-order valence-electron chi connectivity index (χ4n) is 4.47. The molecular formula is C19H20F4N2O4. The summed E-state index contributed by atoms with van der Waals surface area (Å²) in [5.74, 6) is -1.68. The lowest BCUT2D eigenvalue weighted by Crippen LogP contribution is -2.58. The first-order valence-electron chi connectivity index (χ1n) is 9.42. The van der Waals surface area contributed by atoms with Crippen molar-refractivity contribution in [2.45, 2.75) is 43.5 Å². The third kappa shape index (κ3) is 4.25. The fraction of sp³-hybridized carbons (Fsp3) is 0.579. The molecule has 2 amide bonds. The monoisotopic (exact) mass is 416 g/mol. The SMILES string of the molecule is O=C1NC2(CO1)CC(C(=O)N1CCC(c3cc(F)cc(OC(F)(F)F)c3)CC1)C2. The van der Waals surface area contributed by atoms with Gasteiger partial charge in [-0.1, -0.05) is 0 Å². The molecule has 1 saturated carbocycles. The number of ether oxygens (including phenoxy) is 2. The van der Waals surface area contributed by atoms with Gasteiger partial charge in [0, 0.05) is 25.1 Å². The highest BCUT2D eigenvalue weighted by atomic mass is 19.4. The molecule has 158 valence electrons. The maximum Gasteiger partial charge on any atom is 0.573 e. The minimum Gasteiger partial charge on any atom is -0.447 e. The van der Waals surface area contributed by atoms with Crippen molar-refractivity contribution in [2.75, 3.05) is 19.7 Å². The molecule has 3 aliphatic rings. The lowest BCUT2D eigenvalue weighted by molar-refractivity contribution is -0.274. The van der Waals surface area contributed by atoms with Crippen molar-refractivity contribution >= 4 is 12.0 Å². The normalized spacial score (nSPS) is 27.4. The number of piperidine rings is 1.